The molecule has 0 radical (unpaired) electrons. The molecular weight excluding hydrogens is 366 g/mol. The van der Waals surface area contributed by atoms with Crippen LogP contribution in [-0.2, 0) is 9.47 Å². The first-order valence-electron chi connectivity index (χ1n) is 11.7. The van der Waals surface area contributed by atoms with Crippen molar-refractivity contribution in [2.75, 3.05) is 6.61 Å². The van der Waals surface area contributed by atoms with Gasteiger partial charge < -0.3 is 9.47 Å². The van der Waals surface area contributed by atoms with Gasteiger partial charge in [-0.15, -0.1) is 0 Å². The summed E-state index contributed by atoms with van der Waals surface area (Å²) < 4.78 is 10.3. The van der Waals surface area contributed by atoms with Gasteiger partial charge in [0.05, 0.1) is 6.04 Å². The third-order valence-corrected chi connectivity index (χ3v) is 5.08. The van der Waals surface area contributed by atoms with E-state index in [1.54, 1.807) is 20.8 Å². The topological polar surface area (TPSA) is 55.8 Å². The molecule has 0 aliphatic carbocycles. The second-order valence-electron chi connectivity index (χ2n) is 9.10. The molecule has 1 aliphatic heterocycles. The smallest absolute Gasteiger partial charge is 0.420 e. The lowest BCUT2D eigenvalue weighted by atomic mass is 10.0. The van der Waals surface area contributed by atoms with Gasteiger partial charge in [0.25, 0.3) is 0 Å². The van der Waals surface area contributed by atoms with Crippen molar-refractivity contribution in [1.29, 1.82) is 0 Å². The molecule has 0 aromatic rings. The van der Waals surface area contributed by atoms with Crippen LogP contribution in [0.5, 0.6) is 0 Å². The second-order valence-corrected chi connectivity index (χ2v) is 9.10. The molecule has 1 fully saturated rings. The molecule has 5 nitrogen and oxygen atoms in total. The van der Waals surface area contributed by atoms with Crippen LogP contribution in [0.25, 0.3) is 0 Å². The number of hydrogen-bond acceptors (Lipinski definition) is 4. The normalized spacial score (nSPS) is 17.2. The number of cyclic esters (lactones) is 1. The molecular formula is C24H43NO4. The molecule has 1 rings (SSSR count). The van der Waals surface area contributed by atoms with Gasteiger partial charge in [0.15, 0.2) is 0 Å². The molecule has 1 atom stereocenters. The van der Waals surface area contributed by atoms with E-state index in [9.17, 15) is 9.59 Å². The Morgan fingerprint density at radius 3 is 2.03 bits per heavy atom. The number of hydrogen-bond donors (Lipinski definition) is 0. The van der Waals surface area contributed by atoms with E-state index in [-0.39, 0.29) is 12.6 Å². The summed E-state index contributed by atoms with van der Waals surface area (Å²) in [7, 11) is 0. The van der Waals surface area contributed by atoms with Crippen molar-refractivity contribution in [1.82, 2.24) is 4.90 Å². The quantitative estimate of drug-likeness (QED) is 0.222. The summed E-state index contributed by atoms with van der Waals surface area (Å²) in [4.78, 5) is 25.1. The van der Waals surface area contributed by atoms with Crippen LogP contribution in [-0.4, -0.2) is 35.3 Å². The maximum absolute atomic E-state index is 12.2. The Labute approximate surface area is 178 Å². The zero-order valence-electron chi connectivity index (χ0n) is 19.2. The number of nitrogens with zero attached hydrogens (tertiary/aromatic N) is 1. The molecule has 1 heterocycles. The van der Waals surface area contributed by atoms with Crippen molar-refractivity contribution in [3.05, 3.63) is 12.2 Å². The lowest BCUT2D eigenvalue weighted by Crippen LogP contribution is -2.41. The predicted octanol–water partition coefficient (Wildman–Crippen LogP) is 7.39. The number of unbranched alkanes of at least 4 members (excludes halogenated alkanes) is 12. The van der Waals surface area contributed by atoms with Gasteiger partial charge in [0.1, 0.15) is 12.2 Å². The average molecular weight is 410 g/mol. The summed E-state index contributed by atoms with van der Waals surface area (Å²) in [6, 6.07) is -0.366. The molecule has 0 bridgehead atoms. The number of imide groups is 1. The maximum atomic E-state index is 12.2. The van der Waals surface area contributed by atoms with Crippen molar-refractivity contribution in [2.24, 2.45) is 0 Å². The van der Waals surface area contributed by atoms with E-state index in [2.05, 4.69) is 13.0 Å². The van der Waals surface area contributed by atoms with Gasteiger partial charge in [-0.1, -0.05) is 89.7 Å². The fourth-order valence-electron chi connectivity index (χ4n) is 3.46. The van der Waals surface area contributed by atoms with Gasteiger partial charge in [-0.05, 0) is 33.6 Å². The molecule has 0 aromatic heterocycles. The first-order chi connectivity index (χ1) is 13.8. The highest BCUT2D eigenvalue weighted by Crippen LogP contribution is 2.19. The Bertz CT molecular complexity index is 496. The van der Waals surface area contributed by atoms with Crippen LogP contribution in [0, 0.1) is 0 Å². The summed E-state index contributed by atoms with van der Waals surface area (Å²) in [5.74, 6) is 0. The molecule has 0 saturated carbocycles. The van der Waals surface area contributed by atoms with Crippen LogP contribution in [0.15, 0.2) is 12.2 Å². The van der Waals surface area contributed by atoms with Crippen molar-refractivity contribution < 1.29 is 19.1 Å². The minimum atomic E-state index is -0.639. The van der Waals surface area contributed by atoms with E-state index in [1.807, 2.05) is 6.08 Å². The first kappa shape index (κ1) is 25.5. The SMILES string of the molecule is CCCCCCCCCCCCCC/C=C\[C@@H]1COC(=O)N1C(=O)OC(C)(C)C. The summed E-state index contributed by atoms with van der Waals surface area (Å²) in [6.45, 7) is 7.81. The zero-order chi connectivity index (χ0) is 21.5. The van der Waals surface area contributed by atoms with E-state index in [1.165, 1.54) is 70.6 Å². The van der Waals surface area contributed by atoms with Crippen molar-refractivity contribution in [2.45, 2.75) is 123 Å². The highest BCUT2D eigenvalue weighted by Gasteiger charge is 2.39. The van der Waals surface area contributed by atoms with E-state index in [0.29, 0.717) is 0 Å². The van der Waals surface area contributed by atoms with E-state index < -0.39 is 17.8 Å². The molecule has 0 spiro atoms. The zero-order valence-corrected chi connectivity index (χ0v) is 19.2. The molecule has 2 amide bonds. The lowest BCUT2D eigenvalue weighted by molar-refractivity contribution is 0.0312. The van der Waals surface area contributed by atoms with Crippen LogP contribution in [0.1, 0.15) is 111 Å². The maximum Gasteiger partial charge on any atom is 0.420 e. The van der Waals surface area contributed by atoms with Gasteiger partial charge in [-0.3, -0.25) is 0 Å². The molecule has 0 aromatic carbocycles. The van der Waals surface area contributed by atoms with Gasteiger partial charge in [-0.25, -0.2) is 14.5 Å². The van der Waals surface area contributed by atoms with E-state index in [4.69, 9.17) is 9.47 Å². The number of ether oxygens (including phenoxy) is 2. The third kappa shape index (κ3) is 11.9. The number of allylic oxidation sites excluding steroid dienone is 1. The Morgan fingerprint density at radius 2 is 1.52 bits per heavy atom. The van der Waals surface area contributed by atoms with Crippen LogP contribution in [0.4, 0.5) is 9.59 Å². The monoisotopic (exact) mass is 409 g/mol. The van der Waals surface area contributed by atoms with Gasteiger partial charge in [0, 0.05) is 0 Å². The van der Waals surface area contributed by atoms with Gasteiger partial charge >= 0.3 is 12.2 Å². The average Bonchev–Trinajstić information content (AvgIpc) is 3.01. The summed E-state index contributed by atoms with van der Waals surface area (Å²) in [6.07, 6.45) is 19.7. The fourth-order valence-corrected chi connectivity index (χ4v) is 3.46. The number of carbonyl (C=O) groups excluding carboxylic acids is 2. The Morgan fingerprint density at radius 1 is 1.00 bits per heavy atom. The standard InChI is InChI=1S/C24H43NO4/c1-5-6-7-8-9-10-11-12-13-14-15-16-17-18-19-21-20-28-22(26)25(21)23(27)29-24(2,3)4/h18-19,21H,5-17,20H2,1-4H3/b19-18-/t21-/m1/s1. The van der Waals surface area contributed by atoms with E-state index >= 15 is 0 Å². The first-order valence-corrected chi connectivity index (χ1v) is 11.7. The molecule has 0 N–H and O–H groups in total. The summed E-state index contributed by atoms with van der Waals surface area (Å²) in [5, 5.41) is 0. The fraction of sp³-hybridized carbons (Fsp3) is 0.833. The second kappa shape index (κ2) is 14.5. The molecule has 1 aliphatic rings. The molecule has 0 unspecified atom stereocenters. The number of amides is 2. The molecule has 29 heavy (non-hydrogen) atoms. The molecule has 168 valence electrons. The Kier molecular flexibility index (Phi) is 12.7. The highest BCUT2D eigenvalue weighted by molar-refractivity contribution is 5.90. The van der Waals surface area contributed by atoms with Crippen molar-refractivity contribution >= 4 is 12.2 Å². The molecule has 5 heteroatoms. The summed E-state index contributed by atoms with van der Waals surface area (Å²) in [5.41, 5.74) is -0.636. The van der Waals surface area contributed by atoms with Crippen molar-refractivity contribution in [3.63, 3.8) is 0 Å². The van der Waals surface area contributed by atoms with Crippen LogP contribution < -0.4 is 0 Å². The van der Waals surface area contributed by atoms with Crippen molar-refractivity contribution in [3.8, 4) is 0 Å². The number of rotatable bonds is 14. The third-order valence-electron chi connectivity index (χ3n) is 5.08. The van der Waals surface area contributed by atoms with Crippen LogP contribution >= 0.6 is 0 Å². The minimum absolute atomic E-state index is 0.201. The van der Waals surface area contributed by atoms with Gasteiger partial charge in [0.2, 0.25) is 0 Å². The largest absolute Gasteiger partial charge is 0.446 e. The summed E-state index contributed by atoms with van der Waals surface area (Å²) >= 11 is 0. The molecule has 1 saturated heterocycles. The Hall–Kier alpha value is -1.52. The van der Waals surface area contributed by atoms with E-state index in [0.717, 1.165) is 17.7 Å². The number of carbonyl (C=O) groups is 2. The van der Waals surface area contributed by atoms with Crippen LogP contribution in [0.2, 0.25) is 0 Å². The lowest BCUT2D eigenvalue weighted by Gasteiger charge is -2.24. The Balaban J connectivity index is 2.09. The van der Waals surface area contributed by atoms with Gasteiger partial charge in [-0.2, -0.15) is 0 Å². The highest BCUT2D eigenvalue weighted by atomic mass is 16.6. The minimum Gasteiger partial charge on any atom is -0.446 e. The van der Waals surface area contributed by atoms with Crippen LogP contribution in [0.3, 0.4) is 0 Å². The predicted molar refractivity (Wildman–Crippen MR) is 118 cm³/mol.